The van der Waals surface area contributed by atoms with Gasteiger partial charge in [-0.3, -0.25) is 19.2 Å². The van der Waals surface area contributed by atoms with Crippen molar-refractivity contribution in [2.24, 2.45) is 22.5 Å². The first-order valence-corrected chi connectivity index (χ1v) is 13.0. The lowest BCUT2D eigenvalue weighted by atomic mass is 9.92. The third-order valence-electron chi connectivity index (χ3n) is 5.30. The fraction of sp³-hybridized carbons (Fsp3) is 0.655. The lowest BCUT2D eigenvalue weighted by Gasteiger charge is -2.23. The predicted octanol–water partition coefficient (Wildman–Crippen LogP) is 4.76. The van der Waals surface area contributed by atoms with Gasteiger partial charge in [-0.1, -0.05) is 61.5 Å². The van der Waals surface area contributed by atoms with E-state index in [1.165, 1.54) is 12.1 Å². The summed E-state index contributed by atoms with van der Waals surface area (Å²) in [7, 11) is 0. The van der Waals surface area contributed by atoms with Crippen molar-refractivity contribution < 1.29 is 38.1 Å². The number of ether oxygens (including phenoxy) is 4. The monoisotopic (exact) mass is 535 g/mol. The average molecular weight is 536 g/mol. The molecule has 3 atom stereocenters. The minimum atomic E-state index is -1.03. The highest BCUT2D eigenvalue weighted by Gasteiger charge is 2.26. The van der Waals surface area contributed by atoms with Crippen LogP contribution in [0.5, 0.6) is 11.5 Å². The summed E-state index contributed by atoms with van der Waals surface area (Å²) in [6, 6.07) is 3.66. The highest BCUT2D eigenvalue weighted by atomic mass is 16.6. The van der Waals surface area contributed by atoms with Gasteiger partial charge in [0, 0.05) is 0 Å². The molecule has 0 unspecified atom stereocenters. The molecule has 0 bridgehead atoms. The van der Waals surface area contributed by atoms with E-state index in [-0.39, 0.29) is 53.5 Å². The van der Waals surface area contributed by atoms with Crippen LogP contribution in [0.1, 0.15) is 87.6 Å². The van der Waals surface area contributed by atoms with Crippen molar-refractivity contribution in [3.05, 3.63) is 23.8 Å². The van der Waals surface area contributed by atoms with Crippen LogP contribution in [-0.2, 0) is 35.1 Å². The molecule has 0 aliphatic carbocycles. The molecule has 0 heterocycles. The van der Waals surface area contributed by atoms with Gasteiger partial charge in [0.25, 0.3) is 0 Å². The second-order valence-corrected chi connectivity index (χ2v) is 12.5. The Balaban J connectivity index is 3.02. The summed E-state index contributed by atoms with van der Waals surface area (Å²) in [4.78, 5) is 49.4. The SMILES string of the molecule is CC(C)C(=O)O[C@@H](C)[C@H](C)OC(=O)[C@@H](N)Cc1ccc(OC(=O)CC(C)(C)C)c(OC(=O)CC(C)(C)C)c1. The molecule has 0 saturated heterocycles. The van der Waals surface area contributed by atoms with E-state index in [1.54, 1.807) is 33.8 Å². The lowest BCUT2D eigenvalue weighted by Crippen LogP contribution is -2.39. The smallest absolute Gasteiger partial charge is 0.323 e. The second-order valence-electron chi connectivity index (χ2n) is 12.5. The molecule has 0 aliphatic heterocycles. The Bertz CT molecular complexity index is 987. The third-order valence-corrected chi connectivity index (χ3v) is 5.30. The average Bonchev–Trinajstić information content (AvgIpc) is 2.72. The number of nitrogens with two attached hydrogens (primary N) is 1. The first kappa shape index (κ1) is 33.1. The standard InChI is InChI=1S/C29H45NO8/c1-17(2)26(33)35-18(3)19(4)36-27(34)21(30)13-20-11-12-22(37-24(31)15-28(5,6)7)23(14-20)38-25(32)16-29(8,9)10/h11-12,14,17-19,21H,13,15-16,30H2,1-10H3/t18-,19-,21-/m0/s1. The van der Waals surface area contributed by atoms with Crippen molar-refractivity contribution >= 4 is 23.9 Å². The van der Waals surface area contributed by atoms with Crippen molar-refractivity contribution in [1.29, 1.82) is 0 Å². The van der Waals surface area contributed by atoms with Crippen LogP contribution in [0.3, 0.4) is 0 Å². The molecule has 0 radical (unpaired) electrons. The Labute approximate surface area is 226 Å². The number of hydrogen-bond donors (Lipinski definition) is 1. The Morgan fingerprint density at radius 3 is 1.63 bits per heavy atom. The van der Waals surface area contributed by atoms with E-state index in [4.69, 9.17) is 24.7 Å². The van der Waals surface area contributed by atoms with Crippen molar-refractivity contribution in [2.75, 3.05) is 0 Å². The third kappa shape index (κ3) is 12.5. The maximum Gasteiger partial charge on any atom is 0.323 e. The van der Waals surface area contributed by atoms with Crippen LogP contribution in [-0.4, -0.2) is 42.1 Å². The predicted molar refractivity (Wildman–Crippen MR) is 143 cm³/mol. The molecule has 0 saturated carbocycles. The molecule has 9 heteroatoms. The van der Waals surface area contributed by atoms with Gasteiger partial charge in [-0.05, 0) is 48.8 Å². The van der Waals surface area contributed by atoms with Gasteiger partial charge >= 0.3 is 23.9 Å². The van der Waals surface area contributed by atoms with E-state index in [9.17, 15) is 19.2 Å². The Morgan fingerprint density at radius 1 is 0.737 bits per heavy atom. The van der Waals surface area contributed by atoms with E-state index in [2.05, 4.69) is 0 Å². The lowest BCUT2D eigenvalue weighted by molar-refractivity contribution is -0.168. The molecular formula is C29H45NO8. The van der Waals surface area contributed by atoms with Crippen LogP contribution in [0.2, 0.25) is 0 Å². The highest BCUT2D eigenvalue weighted by molar-refractivity contribution is 5.78. The molecule has 1 aromatic carbocycles. The van der Waals surface area contributed by atoms with Crippen LogP contribution >= 0.6 is 0 Å². The van der Waals surface area contributed by atoms with Gasteiger partial charge in [-0.2, -0.15) is 0 Å². The zero-order valence-electron chi connectivity index (χ0n) is 24.5. The number of rotatable bonds is 11. The highest BCUT2D eigenvalue weighted by Crippen LogP contribution is 2.32. The van der Waals surface area contributed by atoms with E-state index in [0.717, 1.165) is 0 Å². The summed E-state index contributed by atoms with van der Waals surface area (Å²) in [5, 5.41) is 0. The van der Waals surface area contributed by atoms with Crippen LogP contribution < -0.4 is 15.2 Å². The molecule has 9 nitrogen and oxygen atoms in total. The topological polar surface area (TPSA) is 131 Å². The van der Waals surface area contributed by atoms with Crippen LogP contribution in [0, 0.1) is 16.7 Å². The molecule has 0 spiro atoms. The summed E-state index contributed by atoms with van der Waals surface area (Å²) in [6.07, 6.45) is -0.947. The van der Waals surface area contributed by atoms with Gasteiger partial charge in [0.1, 0.15) is 18.2 Å². The molecule has 0 fully saturated rings. The number of benzene rings is 1. The van der Waals surface area contributed by atoms with Gasteiger partial charge in [0.15, 0.2) is 11.5 Å². The van der Waals surface area contributed by atoms with Crippen molar-refractivity contribution in [3.8, 4) is 11.5 Å². The summed E-state index contributed by atoms with van der Waals surface area (Å²) < 4.78 is 21.8. The summed E-state index contributed by atoms with van der Waals surface area (Å²) in [6.45, 7) is 18.2. The zero-order chi connectivity index (χ0) is 29.4. The molecule has 0 aliphatic rings. The van der Waals surface area contributed by atoms with Crippen molar-refractivity contribution in [3.63, 3.8) is 0 Å². The molecular weight excluding hydrogens is 490 g/mol. The quantitative estimate of drug-likeness (QED) is 0.315. The fourth-order valence-corrected chi connectivity index (χ4v) is 3.15. The Kier molecular flexibility index (Phi) is 12.0. The summed E-state index contributed by atoms with van der Waals surface area (Å²) in [5.41, 5.74) is 6.09. The number of carbonyl (C=O) groups is 4. The van der Waals surface area contributed by atoms with E-state index in [1.807, 2.05) is 41.5 Å². The van der Waals surface area contributed by atoms with E-state index in [0.29, 0.717) is 5.56 Å². The Morgan fingerprint density at radius 2 is 1.18 bits per heavy atom. The fourth-order valence-electron chi connectivity index (χ4n) is 3.15. The minimum absolute atomic E-state index is 0.0714. The molecule has 1 rings (SSSR count). The molecule has 214 valence electrons. The largest absolute Gasteiger partial charge is 0.459 e. The molecule has 1 aromatic rings. The molecule has 38 heavy (non-hydrogen) atoms. The van der Waals surface area contributed by atoms with Gasteiger partial charge < -0.3 is 24.7 Å². The van der Waals surface area contributed by atoms with Crippen molar-refractivity contribution in [2.45, 2.75) is 107 Å². The molecule has 0 amide bonds. The van der Waals surface area contributed by atoms with Crippen molar-refractivity contribution in [1.82, 2.24) is 0 Å². The number of hydrogen-bond acceptors (Lipinski definition) is 9. The van der Waals surface area contributed by atoms with Crippen LogP contribution in [0.25, 0.3) is 0 Å². The molecule has 2 N–H and O–H groups in total. The van der Waals surface area contributed by atoms with E-state index >= 15 is 0 Å². The van der Waals surface area contributed by atoms with Crippen LogP contribution in [0.15, 0.2) is 18.2 Å². The normalized spacial score (nSPS) is 14.3. The second kappa shape index (κ2) is 13.7. The van der Waals surface area contributed by atoms with Crippen LogP contribution in [0.4, 0.5) is 0 Å². The van der Waals surface area contributed by atoms with Gasteiger partial charge in [-0.25, -0.2) is 0 Å². The minimum Gasteiger partial charge on any atom is -0.459 e. The zero-order valence-corrected chi connectivity index (χ0v) is 24.5. The summed E-state index contributed by atoms with van der Waals surface area (Å²) in [5.74, 6) is -2.12. The number of esters is 4. The first-order chi connectivity index (χ1) is 17.3. The first-order valence-electron chi connectivity index (χ1n) is 13.0. The Hall–Kier alpha value is -2.94. The van der Waals surface area contributed by atoms with Gasteiger partial charge in [0.2, 0.25) is 0 Å². The maximum atomic E-state index is 12.6. The molecule has 0 aromatic heterocycles. The van der Waals surface area contributed by atoms with Gasteiger partial charge in [-0.15, -0.1) is 0 Å². The summed E-state index contributed by atoms with van der Waals surface area (Å²) >= 11 is 0. The number of carbonyl (C=O) groups excluding carboxylic acids is 4. The van der Waals surface area contributed by atoms with E-state index < -0.39 is 36.2 Å². The maximum absolute atomic E-state index is 12.6. The van der Waals surface area contributed by atoms with Gasteiger partial charge in [0.05, 0.1) is 18.8 Å².